The number of aryl methyl sites for hydroxylation is 1. The van der Waals surface area contributed by atoms with E-state index in [1.165, 1.54) is 5.56 Å². The zero-order valence-electron chi connectivity index (χ0n) is 7.37. The van der Waals surface area contributed by atoms with Crippen molar-refractivity contribution < 1.29 is 4.74 Å². The number of hydrogen-bond acceptors (Lipinski definition) is 2. The summed E-state index contributed by atoms with van der Waals surface area (Å²) in [6.45, 7) is 4.55. The van der Waals surface area contributed by atoms with Gasteiger partial charge in [0.2, 0.25) is 0 Å². The highest BCUT2D eigenvalue weighted by molar-refractivity contribution is 5.55. The lowest BCUT2D eigenvalue weighted by molar-refractivity contribution is 0.344. The van der Waals surface area contributed by atoms with E-state index in [-0.39, 0.29) is 0 Å². The molecule has 1 rings (SSSR count). The highest BCUT2D eigenvalue weighted by Gasteiger charge is 1.77. The number of nitrogens with zero attached hydrogens (tertiary/aromatic N) is 1. The number of ether oxygens (including phenoxy) is 1. The Kier molecular flexibility index (Phi) is 3.33. The first-order valence-corrected chi connectivity index (χ1v) is 3.97. The maximum Gasteiger partial charge on any atom is 0.0618 e. The van der Waals surface area contributed by atoms with Gasteiger partial charge in [-0.1, -0.05) is 23.4 Å². The van der Waals surface area contributed by atoms with E-state index in [1.807, 2.05) is 38.1 Å². The average Bonchev–Trinajstić information content (AvgIpc) is 2.09. The molecule has 0 bridgehead atoms. The number of hydrogen-bond donors (Lipinski definition) is 0. The van der Waals surface area contributed by atoms with Gasteiger partial charge in [0.15, 0.2) is 0 Å². The second kappa shape index (κ2) is 4.54. The van der Waals surface area contributed by atoms with Gasteiger partial charge in [0.1, 0.15) is 0 Å². The van der Waals surface area contributed by atoms with Gasteiger partial charge >= 0.3 is 0 Å². The fourth-order valence-corrected chi connectivity index (χ4v) is 0.769. The van der Waals surface area contributed by atoms with E-state index < -0.39 is 0 Å². The molecule has 0 N–H and O–H groups in total. The lowest BCUT2D eigenvalue weighted by Gasteiger charge is -2.04. The molecule has 0 amide bonds. The van der Waals surface area contributed by atoms with Crippen LogP contribution in [0.4, 0.5) is 5.69 Å². The van der Waals surface area contributed by atoms with Crippen molar-refractivity contribution in [2.24, 2.45) is 4.99 Å². The van der Waals surface area contributed by atoms with Crippen molar-refractivity contribution in [1.82, 2.24) is 0 Å². The number of rotatable bonds is 3. The van der Waals surface area contributed by atoms with E-state index in [9.17, 15) is 0 Å². The summed E-state index contributed by atoms with van der Waals surface area (Å²) >= 11 is 0. The Bertz CT molecular complexity index is 251. The van der Waals surface area contributed by atoms with Crippen LogP contribution in [0.25, 0.3) is 0 Å². The van der Waals surface area contributed by atoms with E-state index in [1.54, 1.807) is 0 Å². The fraction of sp³-hybridized carbons (Fsp3) is 0.300. The third-order valence-corrected chi connectivity index (χ3v) is 1.42. The second-order valence-corrected chi connectivity index (χ2v) is 2.47. The molecule has 0 saturated carbocycles. The maximum atomic E-state index is 4.85. The number of aliphatic imine (C=N–C) groups is 1. The Labute approximate surface area is 72.9 Å². The minimum absolute atomic E-state index is 0.607. The van der Waals surface area contributed by atoms with Crippen molar-refractivity contribution in [2.45, 2.75) is 13.8 Å². The highest BCUT2D eigenvalue weighted by Crippen LogP contribution is 2.11. The second-order valence-electron chi connectivity index (χ2n) is 2.47. The van der Waals surface area contributed by atoms with Crippen LogP contribution >= 0.6 is 0 Å². The van der Waals surface area contributed by atoms with Crippen molar-refractivity contribution in [3.8, 4) is 0 Å². The zero-order valence-corrected chi connectivity index (χ0v) is 7.37. The van der Waals surface area contributed by atoms with Crippen molar-refractivity contribution in [3.63, 3.8) is 0 Å². The van der Waals surface area contributed by atoms with Gasteiger partial charge in [-0.3, -0.25) is 0 Å². The molecular formula is C10H12NO-. The van der Waals surface area contributed by atoms with Crippen molar-refractivity contribution >= 4 is 12.1 Å². The zero-order chi connectivity index (χ0) is 8.81. The molecule has 1 aromatic carbocycles. The molecular weight excluding hydrogens is 150 g/mol. The van der Waals surface area contributed by atoms with Gasteiger partial charge in [-0.05, 0) is 13.8 Å². The van der Waals surface area contributed by atoms with Gasteiger partial charge in [0, 0.05) is 6.40 Å². The molecule has 0 unspecified atom stereocenters. The summed E-state index contributed by atoms with van der Waals surface area (Å²) in [7, 11) is 0. The summed E-state index contributed by atoms with van der Waals surface area (Å²) in [6, 6.07) is 7.88. The van der Waals surface area contributed by atoms with E-state index in [2.05, 4.69) is 11.4 Å². The molecule has 0 aromatic heterocycles. The lowest BCUT2D eigenvalue weighted by atomic mass is 10.2. The largest absolute Gasteiger partial charge is 0.574 e. The topological polar surface area (TPSA) is 21.6 Å². The standard InChI is InChI=1S/C10H12NO/c1-3-12-8-11-10-6-4-9(2)5-7-10/h4-7H,3H2,1-2H3/q-1. The third kappa shape index (κ3) is 2.74. The summed E-state index contributed by atoms with van der Waals surface area (Å²) < 4.78 is 4.85. The van der Waals surface area contributed by atoms with E-state index in [0.717, 1.165) is 5.69 Å². The normalized spacial score (nSPS) is 10.5. The summed E-state index contributed by atoms with van der Waals surface area (Å²) in [5.41, 5.74) is 2.10. The first-order valence-electron chi connectivity index (χ1n) is 3.97. The lowest BCUT2D eigenvalue weighted by Crippen LogP contribution is -1.83. The molecule has 2 nitrogen and oxygen atoms in total. The molecule has 2 heteroatoms. The van der Waals surface area contributed by atoms with Crippen LogP contribution in [0.5, 0.6) is 0 Å². The van der Waals surface area contributed by atoms with Crippen LogP contribution in [-0.2, 0) is 4.74 Å². The van der Waals surface area contributed by atoms with Crippen LogP contribution in [-0.4, -0.2) is 13.0 Å². The van der Waals surface area contributed by atoms with E-state index >= 15 is 0 Å². The summed E-state index contributed by atoms with van der Waals surface area (Å²) in [4.78, 5) is 3.96. The first-order chi connectivity index (χ1) is 5.83. The van der Waals surface area contributed by atoms with E-state index in [0.29, 0.717) is 6.61 Å². The van der Waals surface area contributed by atoms with Gasteiger partial charge in [0.25, 0.3) is 0 Å². The van der Waals surface area contributed by atoms with Crippen LogP contribution < -0.4 is 0 Å². The van der Waals surface area contributed by atoms with E-state index in [4.69, 9.17) is 4.74 Å². The molecule has 1 aromatic rings. The smallest absolute Gasteiger partial charge is 0.0618 e. The van der Waals surface area contributed by atoms with Gasteiger partial charge in [0.05, 0.1) is 6.61 Å². The van der Waals surface area contributed by atoms with Gasteiger partial charge in [-0.2, -0.15) is 0 Å². The Balaban J connectivity index is 2.58. The maximum absolute atomic E-state index is 4.85. The Morgan fingerprint density at radius 1 is 1.33 bits per heavy atom. The SMILES string of the molecule is CCO[C-]=Nc1ccc(C)cc1. The molecule has 0 radical (unpaired) electrons. The number of benzene rings is 1. The molecule has 0 spiro atoms. The fourth-order valence-electron chi connectivity index (χ4n) is 0.769. The molecule has 0 aliphatic heterocycles. The Morgan fingerprint density at radius 3 is 2.58 bits per heavy atom. The Hall–Kier alpha value is -1.31. The summed E-state index contributed by atoms with van der Waals surface area (Å²) in [6.07, 6.45) is 2.50. The van der Waals surface area contributed by atoms with Crippen LogP contribution in [0, 0.1) is 6.92 Å². The van der Waals surface area contributed by atoms with Crippen LogP contribution in [0.3, 0.4) is 0 Å². The van der Waals surface area contributed by atoms with Crippen LogP contribution in [0.2, 0.25) is 0 Å². The minimum Gasteiger partial charge on any atom is -0.574 e. The molecule has 64 valence electrons. The van der Waals surface area contributed by atoms with Crippen molar-refractivity contribution in [3.05, 3.63) is 29.8 Å². The predicted molar refractivity (Wildman–Crippen MR) is 49.9 cm³/mol. The van der Waals surface area contributed by atoms with Gasteiger partial charge < -0.3 is 9.73 Å². The molecule has 0 saturated heterocycles. The summed E-state index contributed by atoms with van der Waals surface area (Å²) in [5.74, 6) is 0. The van der Waals surface area contributed by atoms with Crippen molar-refractivity contribution in [2.75, 3.05) is 6.61 Å². The molecule has 0 fully saturated rings. The summed E-state index contributed by atoms with van der Waals surface area (Å²) in [5, 5.41) is 0. The van der Waals surface area contributed by atoms with Gasteiger partial charge in [-0.25, -0.2) is 0 Å². The van der Waals surface area contributed by atoms with Crippen LogP contribution in [0.1, 0.15) is 12.5 Å². The third-order valence-electron chi connectivity index (χ3n) is 1.42. The van der Waals surface area contributed by atoms with Gasteiger partial charge in [-0.15, -0.1) is 12.1 Å². The highest BCUT2D eigenvalue weighted by atomic mass is 16.5. The predicted octanol–water partition coefficient (Wildman–Crippen LogP) is 2.57. The molecule has 0 heterocycles. The Morgan fingerprint density at radius 2 is 2.00 bits per heavy atom. The van der Waals surface area contributed by atoms with Crippen LogP contribution in [0.15, 0.2) is 29.3 Å². The molecule has 0 aliphatic carbocycles. The first kappa shape index (κ1) is 8.78. The monoisotopic (exact) mass is 162 g/mol. The average molecular weight is 162 g/mol. The molecule has 0 aliphatic rings. The molecule has 12 heavy (non-hydrogen) atoms. The minimum atomic E-state index is 0.607. The quantitative estimate of drug-likeness (QED) is 0.380. The molecule has 0 atom stereocenters. The van der Waals surface area contributed by atoms with Crippen molar-refractivity contribution in [1.29, 1.82) is 0 Å².